The number of carbonyl (C=O) groups excluding carboxylic acids is 2. The molecule has 6 N–H and O–H groups in total. The highest BCUT2D eigenvalue weighted by molar-refractivity contribution is 6.61. The van der Waals surface area contributed by atoms with Crippen LogP contribution in [0.5, 0.6) is 0 Å². The summed E-state index contributed by atoms with van der Waals surface area (Å²) in [6.45, 7) is 8.05. The highest BCUT2D eigenvalue weighted by atomic mass is 28.4. The van der Waals surface area contributed by atoms with Gasteiger partial charge < -0.3 is 48.7 Å². The van der Waals surface area contributed by atoms with E-state index < -0.39 is 29.7 Å². The van der Waals surface area contributed by atoms with Crippen molar-refractivity contribution in [2.75, 3.05) is 54.2 Å². The van der Waals surface area contributed by atoms with Crippen LogP contribution in [-0.4, -0.2) is 83.9 Å². The van der Waals surface area contributed by atoms with Crippen LogP contribution in [0, 0.1) is 0 Å². The fourth-order valence-electron chi connectivity index (χ4n) is 2.24. The molecule has 0 heterocycles. The Bertz CT molecular complexity index is 419. The summed E-state index contributed by atoms with van der Waals surface area (Å²) < 4.78 is 32.1. The number of primary amides is 2. The van der Waals surface area contributed by atoms with E-state index >= 15 is 0 Å². The van der Waals surface area contributed by atoms with Crippen molar-refractivity contribution in [1.82, 2.24) is 10.6 Å². The molecule has 0 aliphatic carbocycles. The van der Waals surface area contributed by atoms with Crippen molar-refractivity contribution in [2.45, 2.75) is 32.9 Å². The predicted molar refractivity (Wildman–Crippen MR) is 112 cm³/mol. The molecule has 0 atom stereocenters. The van der Waals surface area contributed by atoms with Gasteiger partial charge in [-0.25, -0.2) is 9.59 Å². The van der Waals surface area contributed by atoms with Crippen molar-refractivity contribution in [3.05, 3.63) is 0 Å². The van der Waals surface area contributed by atoms with E-state index in [4.69, 9.17) is 38.0 Å². The van der Waals surface area contributed by atoms with Crippen LogP contribution in [0.15, 0.2) is 0 Å². The number of hydrogen-bond acceptors (Lipinski definition) is 8. The van der Waals surface area contributed by atoms with Gasteiger partial charge >= 0.3 is 29.7 Å². The molecule has 4 amide bonds. The van der Waals surface area contributed by atoms with Gasteiger partial charge in [0.25, 0.3) is 0 Å². The summed E-state index contributed by atoms with van der Waals surface area (Å²) in [5, 5.41) is 4.95. The van der Waals surface area contributed by atoms with Crippen LogP contribution < -0.4 is 22.1 Å². The van der Waals surface area contributed by atoms with Gasteiger partial charge in [-0.2, -0.15) is 0 Å². The molecule has 0 aromatic carbocycles. The van der Waals surface area contributed by atoms with Crippen molar-refractivity contribution in [2.24, 2.45) is 11.5 Å². The van der Waals surface area contributed by atoms with Crippen molar-refractivity contribution < 1.29 is 36.1 Å². The lowest BCUT2D eigenvalue weighted by atomic mass is 10.7. The topological polar surface area (TPSA) is 166 Å². The molecule has 29 heavy (non-hydrogen) atoms. The molecular formula is C15H38N4O8Si2. The molecule has 0 aromatic heterocycles. The van der Waals surface area contributed by atoms with E-state index in [1.165, 1.54) is 21.3 Å². The van der Waals surface area contributed by atoms with Crippen LogP contribution in [0.3, 0.4) is 0 Å². The molecule has 0 saturated heterocycles. The number of hydrogen-bond donors (Lipinski definition) is 4. The summed E-state index contributed by atoms with van der Waals surface area (Å²) in [5.41, 5.74) is 9.88. The Hall–Kier alpha value is -1.27. The lowest BCUT2D eigenvalue weighted by Crippen LogP contribution is -2.48. The second-order valence-electron chi connectivity index (χ2n) is 5.36. The number of carbonyl (C=O) groups is 2. The van der Waals surface area contributed by atoms with Crippen molar-refractivity contribution in [3.8, 4) is 0 Å². The minimum atomic E-state index is -2.63. The SMILES string of the molecule is CCO[Si](CCNC(N)=O)(OCC)OCC.CO[Si](CCNC(N)=O)(OC)OC. The van der Waals surface area contributed by atoms with Gasteiger partial charge in [0.15, 0.2) is 0 Å². The lowest BCUT2D eigenvalue weighted by Gasteiger charge is -2.28. The number of nitrogens with two attached hydrogens (primary N) is 2. The number of rotatable bonds is 15. The van der Waals surface area contributed by atoms with E-state index in [-0.39, 0.29) is 0 Å². The average molecular weight is 459 g/mol. The zero-order valence-electron chi connectivity index (χ0n) is 18.4. The van der Waals surface area contributed by atoms with Crippen LogP contribution in [0.4, 0.5) is 9.59 Å². The first-order chi connectivity index (χ1) is 13.7. The zero-order chi connectivity index (χ0) is 22.8. The highest BCUT2D eigenvalue weighted by Crippen LogP contribution is 2.15. The molecule has 0 aliphatic heterocycles. The molecule has 0 fully saturated rings. The van der Waals surface area contributed by atoms with Crippen LogP contribution in [0.25, 0.3) is 0 Å². The molecular weight excluding hydrogens is 420 g/mol. The molecule has 0 radical (unpaired) electrons. The molecule has 0 bridgehead atoms. The van der Waals surface area contributed by atoms with E-state index in [1.54, 1.807) is 0 Å². The summed E-state index contributed by atoms with van der Waals surface area (Å²) in [5.74, 6) is 0. The first-order valence-electron chi connectivity index (χ1n) is 9.34. The Morgan fingerprint density at radius 3 is 1.24 bits per heavy atom. The fraction of sp³-hybridized carbons (Fsp3) is 0.867. The van der Waals surface area contributed by atoms with Gasteiger partial charge in [0.1, 0.15) is 0 Å². The van der Waals surface area contributed by atoms with Gasteiger partial charge in [0, 0.05) is 66.3 Å². The standard InChI is InChI=1S/C9H22N2O4Si.C6H16N2O4Si/c1-4-13-16(14-5-2,15-6-3)8-7-11-9(10)12;1-10-13(11-2,12-3)5-4-8-6(7)9/h4-8H2,1-3H3,(H3,10,11,12);4-5H2,1-3H3,(H3,7,8,9). The van der Waals surface area contributed by atoms with Gasteiger partial charge in [-0.1, -0.05) is 0 Å². The number of amides is 4. The summed E-state index contributed by atoms with van der Waals surface area (Å²) in [6.07, 6.45) is 0. The first kappa shape index (κ1) is 29.9. The minimum absolute atomic E-state index is 0.386. The molecule has 0 aromatic rings. The normalized spacial score (nSPS) is 11.4. The summed E-state index contributed by atoms with van der Waals surface area (Å²) >= 11 is 0. The Labute approximate surface area is 175 Å². The molecule has 0 rings (SSSR count). The van der Waals surface area contributed by atoms with Crippen LogP contribution in [-0.2, 0) is 26.6 Å². The van der Waals surface area contributed by atoms with E-state index in [9.17, 15) is 9.59 Å². The van der Waals surface area contributed by atoms with E-state index in [1.807, 2.05) is 20.8 Å². The maximum atomic E-state index is 10.6. The summed E-state index contributed by atoms with van der Waals surface area (Å²) in [4.78, 5) is 20.9. The molecule has 12 nitrogen and oxygen atoms in total. The third-order valence-electron chi connectivity index (χ3n) is 3.49. The first-order valence-corrected chi connectivity index (χ1v) is 13.2. The Balaban J connectivity index is 0. The largest absolute Gasteiger partial charge is 0.502 e. The van der Waals surface area contributed by atoms with Gasteiger partial charge in [-0.15, -0.1) is 0 Å². The Morgan fingerprint density at radius 2 is 1.00 bits per heavy atom. The van der Waals surface area contributed by atoms with Gasteiger partial charge in [0.2, 0.25) is 0 Å². The molecule has 0 spiro atoms. The van der Waals surface area contributed by atoms with Crippen molar-refractivity contribution in [1.29, 1.82) is 0 Å². The molecule has 0 unspecified atom stereocenters. The minimum Gasteiger partial charge on any atom is -0.377 e. The van der Waals surface area contributed by atoms with Crippen molar-refractivity contribution >= 4 is 29.7 Å². The van der Waals surface area contributed by atoms with Gasteiger partial charge in [-0.3, -0.25) is 0 Å². The third-order valence-corrected chi connectivity index (χ3v) is 9.26. The summed E-state index contributed by atoms with van der Waals surface area (Å²) in [6, 6.07) is -0.0798. The van der Waals surface area contributed by atoms with Crippen LogP contribution in [0.1, 0.15) is 20.8 Å². The second kappa shape index (κ2) is 17.6. The van der Waals surface area contributed by atoms with E-state index in [2.05, 4.69) is 10.6 Å². The number of urea groups is 2. The predicted octanol–water partition coefficient (Wildman–Crippen LogP) is 0.236. The zero-order valence-corrected chi connectivity index (χ0v) is 20.4. The van der Waals surface area contributed by atoms with Crippen molar-refractivity contribution in [3.63, 3.8) is 0 Å². The van der Waals surface area contributed by atoms with Crippen LogP contribution in [0.2, 0.25) is 12.1 Å². The Morgan fingerprint density at radius 1 is 0.690 bits per heavy atom. The lowest BCUT2D eigenvalue weighted by molar-refractivity contribution is 0.0716. The van der Waals surface area contributed by atoms with Gasteiger partial charge in [0.05, 0.1) is 0 Å². The van der Waals surface area contributed by atoms with E-state index in [0.29, 0.717) is 45.0 Å². The van der Waals surface area contributed by atoms with Crippen LogP contribution >= 0.6 is 0 Å². The molecule has 174 valence electrons. The Kier molecular flexibility index (Phi) is 18.1. The third kappa shape index (κ3) is 14.4. The maximum absolute atomic E-state index is 10.6. The number of nitrogens with one attached hydrogen (secondary N) is 2. The average Bonchev–Trinajstić information content (AvgIpc) is 2.66. The van der Waals surface area contributed by atoms with E-state index in [0.717, 1.165) is 0 Å². The smallest absolute Gasteiger partial charge is 0.377 e. The van der Waals surface area contributed by atoms with Gasteiger partial charge in [-0.05, 0) is 20.8 Å². The quantitative estimate of drug-likeness (QED) is 0.253. The molecule has 0 saturated carbocycles. The fourth-order valence-corrected chi connectivity index (χ4v) is 6.21. The highest BCUT2D eigenvalue weighted by Gasteiger charge is 2.40. The second-order valence-corrected chi connectivity index (χ2v) is 11.2. The maximum Gasteiger partial charge on any atom is 0.502 e. The molecule has 0 aliphatic rings. The monoisotopic (exact) mass is 458 g/mol. The summed E-state index contributed by atoms with van der Waals surface area (Å²) in [7, 11) is -0.635. The molecule has 14 heteroatoms.